The Labute approximate surface area is 163 Å². The maximum absolute atomic E-state index is 13.3. The van der Waals surface area contributed by atoms with E-state index in [-0.39, 0.29) is 17.9 Å². The fourth-order valence-corrected chi connectivity index (χ4v) is 3.28. The molecular formula is C18H19F3IN3O. The van der Waals surface area contributed by atoms with Crippen LogP contribution >= 0.6 is 22.6 Å². The van der Waals surface area contributed by atoms with E-state index < -0.39 is 11.7 Å². The Hall–Kier alpha value is -1.58. The third-order valence-electron chi connectivity index (χ3n) is 4.39. The van der Waals surface area contributed by atoms with Gasteiger partial charge in [-0.05, 0) is 72.5 Å². The minimum Gasteiger partial charge on any atom is -0.474 e. The summed E-state index contributed by atoms with van der Waals surface area (Å²) in [7, 11) is 1.72. The molecule has 8 heteroatoms. The first-order chi connectivity index (χ1) is 12.3. The predicted molar refractivity (Wildman–Crippen MR) is 102 cm³/mol. The molecule has 3 rings (SSSR count). The molecule has 0 atom stereocenters. The van der Waals surface area contributed by atoms with Crippen molar-refractivity contribution >= 4 is 34.2 Å². The van der Waals surface area contributed by atoms with Gasteiger partial charge in [-0.15, -0.1) is 0 Å². The lowest BCUT2D eigenvalue weighted by Gasteiger charge is -2.25. The Morgan fingerprint density at radius 2 is 1.77 bits per heavy atom. The summed E-state index contributed by atoms with van der Waals surface area (Å²) in [5.74, 6) is -0.211. The van der Waals surface area contributed by atoms with Gasteiger partial charge < -0.3 is 9.64 Å². The van der Waals surface area contributed by atoms with Crippen LogP contribution in [0.4, 0.5) is 24.8 Å². The van der Waals surface area contributed by atoms with Gasteiger partial charge in [-0.1, -0.05) is 6.42 Å². The zero-order chi connectivity index (χ0) is 18.7. The lowest BCUT2D eigenvalue weighted by molar-refractivity contribution is -0.140. The van der Waals surface area contributed by atoms with E-state index in [1.54, 1.807) is 11.9 Å². The van der Waals surface area contributed by atoms with Crippen LogP contribution in [0.15, 0.2) is 30.5 Å². The molecule has 4 nitrogen and oxygen atoms in total. The van der Waals surface area contributed by atoms with Crippen LogP contribution in [0.2, 0.25) is 0 Å². The normalized spacial score (nSPS) is 15.7. The molecule has 0 aliphatic heterocycles. The van der Waals surface area contributed by atoms with Crippen LogP contribution < -0.4 is 9.64 Å². The molecule has 0 saturated heterocycles. The summed E-state index contributed by atoms with van der Waals surface area (Å²) in [6, 6.07) is 7.56. The van der Waals surface area contributed by atoms with Gasteiger partial charge >= 0.3 is 6.18 Å². The molecule has 0 N–H and O–H groups in total. The number of alkyl halides is 3. The summed E-state index contributed by atoms with van der Waals surface area (Å²) in [6.45, 7) is 0. The van der Waals surface area contributed by atoms with Gasteiger partial charge in [0.1, 0.15) is 11.7 Å². The number of nitrogens with zero attached hydrogens (tertiary/aromatic N) is 3. The van der Waals surface area contributed by atoms with Gasteiger partial charge in [0.15, 0.2) is 0 Å². The molecule has 2 aromatic rings. The third-order valence-corrected chi connectivity index (χ3v) is 5.11. The molecule has 1 aromatic carbocycles. The van der Waals surface area contributed by atoms with Gasteiger partial charge in [0.05, 0.1) is 0 Å². The van der Waals surface area contributed by atoms with Crippen LogP contribution in [0.3, 0.4) is 0 Å². The highest BCUT2D eigenvalue weighted by Crippen LogP contribution is 2.37. The van der Waals surface area contributed by atoms with E-state index >= 15 is 0 Å². The monoisotopic (exact) mass is 477 g/mol. The Morgan fingerprint density at radius 3 is 2.38 bits per heavy atom. The number of hydrogen-bond donors (Lipinski definition) is 0. The average Bonchev–Trinajstić information content (AvgIpc) is 2.61. The number of ether oxygens (including phenoxy) is 1. The first kappa shape index (κ1) is 19.2. The van der Waals surface area contributed by atoms with Gasteiger partial charge in [-0.2, -0.15) is 18.2 Å². The molecule has 140 valence electrons. The van der Waals surface area contributed by atoms with Crippen molar-refractivity contribution in [1.29, 1.82) is 0 Å². The lowest BCUT2D eigenvalue weighted by atomic mass is 9.98. The van der Waals surface area contributed by atoms with Crippen molar-refractivity contribution in [1.82, 2.24) is 9.97 Å². The smallest absolute Gasteiger partial charge is 0.423 e. The van der Waals surface area contributed by atoms with E-state index in [0.717, 1.165) is 47.6 Å². The maximum Gasteiger partial charge on any atom is 0.423 e. The van der Waals surface area contributed by atoms with E-state index in [2.05, 4.69) is 32.6 Å². The van der Waals surface area contributed by atoms with Gasteiger partial charge in [0.2, 0.25) is 11.8 Å². The third kappa shape index (κ3) is 4.57. The molecule has 0 unspecified atom stereocenters. The summed E-state index contributed by atoms with van der Waals surface area (Å²) in [5, 5.41) is 0. The second-order valence-electron chi connectivity index (χ2n) is 6.30. The highest BCUT2D eigenvalue weighted by atomic mass is 127. The number of anilines is 2. The van der Waals surface area contributed by atoms with Crippen molar-refractivity contribution in [2.24, 2.45) is 0 Å². The van der Waals surface area contributed by atoms with Gasteiger partial charge in [-0.25, -0.2) is 4.98 Å². The predicted octanol–water partition coefficient (Wildman–Crippen LogP) is 5.58. The van der Waals surface area contributed by atoms with E-state index in [0.29, 0.717) is 0 Å². The maximum atomic E-state index is 13.3. The van der Waals surface area contributed by atoms with Crippen molar-refractivity contribution in [2.45, 2.75) is 44.4 Å². The van der Waals surface area contributed by atoms with Crippen molar-refractivity contribution in [3.63, 3.8) is 0 Å². The SMILES string of the molecule is CN(c1ccc(I)cc1)c1ncc(C(F)(F)F)c(OC2CCCCC2)n1. The molecule has 1 fully saturated rings. The van der Waals surface area contributed by atoms with Crippen LogP contribution in [0, 0.1) is 3.57 Å². The summed E-state index contributed by atoms with van der Waals surface area (Å²) in [6.07, 6.45) is 0.562. The molecule has 1 aliphatic rings. The van der Waals surface area contributed by atoms with Crippen LogP contribution in [0.25, 0.3) is 0 Å². The number of aromatic nitrogens is 2. The zero-order valence-electron chi connectivity index (χ0n) is 14.3. The minimum absolute atomic E-state index is 0.171. The Bertz CT molecular complexity index is 746. The lowest BCUT2D eigenvalue weighted by Crippen LogP contribution is -2.23. The molecule has 1 saturated carbocycles. The van der Waals surface area contributed by atoms with Crippen LogP contribution in [0.5, 0.6) is 5.88 Å². The Morgan fingerprint density at radius 1 is 1.12 bits per heavy atom. The quantitative estimate of drug-likeness (QED) is 0.540. The molecule has 0 bridgehead atoms. The fourth-order valence-electron chi connectivity index (χ4n) is 2.92. The molecule has 26 heavy (non-hydrogen) atoms. The molecule has 0 amide bonds. The molecule has 1 aliphatic carbocycles. The van der Waals surface area contributed by atoms with E-state index in [1.165, 1.54) is 0 Å². The Balaban J connectivity index is 1.91. The number of halogens is 4. The van der Waals surface area contributed by atoms with Gasteiger partial charge in [-0.3, -0.25) is 0 Å². The minimum atomic E-state index is -4.55. The topological polar surface area (TPSA) is 38.2 Å². The zero-order valence-corrected chi connectivity index (χ0v) is 16.4. The summed E-state index contributed by atoms with van der Waals surface area (Å²) in [5.41, 5.74) is -0.142. The highest BCUT2D eigenvalue weighted by Gasteiger charge is 2.37. The van der Waals surface area contributed by atoms with Crippen LogP contribution in [0.1, 0.15) is 37.7 Å². The first-order valence-electron chi connectivity index (χ1n) is 8.45. The Kier molecular flexibility index (Phi) is 5.89. The summed E-state index contributed by atoms with van der Waals surface area (Å²) < 4.78 is 46.7. The standard InChI is InChI=1S/C18H19F3IN3O/c1-25(13-9-7-12(22)8-10-13)17-23-11-15(18(19,20)21)16(24-17)26-14-5-3-2-4-6-14/h7-11,14H,2-6H2,1H3. The van der Waals surface area contributed by atoms with Crippen molar-refractivity contribution in [2.75, 3.05) is 11.9 Å². The van der Waals surface area contributed by atoms with Crippen LogP contribution in [-0.4, -0.2) is 23.1 Å². The molecule has 1 aromatic heterocycles. The summed E-state index contributed by atoms with van der Waals surface area (Å²) >= 11 is 2.19. The molecule has 0 radical (unpaired) electrons. The number of rotatable bonds is 4. The van der Waals surface area contributed by atoms with Crippen molar-refractivity contribution in [3.05, 3.63) is 39.6 Å². The van der Waals surface area contributed by atoms with Gasteiger partial charge in [0.25, 0.3) is 0 Å². The summed E-state index contributed by atoms with van der Waals surface area (Å²) in [4.78, 5) is 9.66. The van der Waals surface area contributed by atoms with Gasteiger partial charge in [0, 0.05) is 22.5 Å². The second-order valence-corrected chi connectivity index (χ2v) is 7.55. The first-order valence-corrected chi connectivity index (χ1v) is 9.52. The van der Waals surface area contributed by atoms with Crippen LogP contribution in [-0.2, 0) is 6.18 Å². The number of benzene rings is 1. The van der Waals surface area contributed by atoms with Crippen molar-refractivity contribution in [3.8, 4) is 5.88 Å². The molecule has 1 heterocycles. The van der Waals surface area contributed by atoms with E-state index in [1.807, 2.05) is 24.3 Å². The number of hydrogen-bond acceptors (Lipinski definition) is 4. The highest BCUT2D eigenvalue weighted by molar-refractivity contribution is 14.1. The average molecular weight is 477 g/mol. The molecular weight excluding hydrogens is 458 g/mol. The van der Waals surface area contributed by atoms with E-state index in [9.17, 15) is 13.2 Å². The fraction of sp³-hybridized carbons (Fsp3) is 0.444. The second kappa shape index (κ2) is 7.98. The largest absolute Gasteiger partial charge is 0.474 e. The van der Waals surface area contributed by atoms with Crippen molar-refractivity contribution < 1.29 is 17.9 Å². The van der Waals surface area contributed by atoms with E-state index in [4.69, 9.17) is 4.74 Å². The molecule has 0 spiro atoms.